The molecule has 0 amide bonds. The maximum absolute atomic E-state index is 12.5. The van der Waals surface area contributed by atoms with Gasteiger partial charge in [0.25, 0.3) is 0 Å². The maximum Gasteiger partial charge on any atom is 0.194 e. The third-order valence-corrected chi connectivity index (χ3v) is 3.42. The molecule has 1 aliphatic rings. The number of ketones is 2. The molecular weight excluding hydrogens is 252 g/mol. The van der Waals surface area contributed by atoms with E-state index >= 15 is 0 Å². The molecule has 3 rings (SSSR count). The van der Waals surface area contributed by atoms with Crippen molar-refractivity contribution < 1.29 is 14.7 Å². The van der Waals surface area contributed by atoms with E-state index in [-0.39, 0.29) is 28.4 Å². The highest BCUT2D eigenvalue weighted by Gasteiger charge is 2.28. The lowest BCUT2D eigenvalue weighted by Gasteiger charge is -2.16. The normalized spacial score (nSPS) is 13.9. The van der Waals surface area contributed by atoms with Crippen molar-refractivity contribution in [3.05, 3.63) is 70.8 Å². The van der Waals surface area contributed by atoms with Crippen LogP contribution in [0.25, 0.3) is 5.57 Å². The van der Waals surface area contributed by atoms with Gasteiger partial charge in [0, 0.05) is 11.1 Å². The van der Waals surface area contributed by atoms with E-state index in [9.17, 15) is 14.7 Å². The summed E-state index contributed by atoms with van der Waals surface area (Å²) in [6.07, 6.45) is 1.30. The zero-order chi connectivity index (χ0) is 14.3. The predicted molar refractivity (Wildman–Crippen MR) is 75.9 cm³/mol. The van der Waals surface area contributed by atoms with Crippen molar-refractivity contribution in [2.45, 2.75) is 6.92 Å². The lowest BCUT2D eigenvalue weighted by Crippen LogP contribution is -2.16. The van der Waals surface area contributed by atoms with Gasteiger partial charge in [-0.05, 0) is 24.6 Å². The highest BCUT2D eigenvalue weighted by molar-refractivity contribution is 6.39. The fraction of sp³-hybridized carbons (Fsp3) is 0.0588. The Morgan fingerprint density at radius 3 is 2.35 bits per heavy atom. The Kier molecular flexibility index (Phi) is 2.75. The van der Waals surface area contributed by atoms with Crippen LogP contribution < -0.4 is 0 Å². The van der Waals surface area contributed by atoms with Gasteiger partial charge in [-0.2, -0.15) is 0 Å². The summed E-state index contributed by atoms with van der Waals surface area (Å²) in [5, 5.41) is 9.74. The van der Waals surface area contributed by atoms with Crippen LogP contribution in [0.2, 0.25) is 0 Å². The lowest BCUT2D eigenvalue weighted by atomic mass is 9.85. The molecule has 0 saturated carbocycles. The monoisotopic (exact) mass is 264 g/mol. The van der Waals surface area contributed by atoms with Gasteiger partial charge in [-0.1, -0.05) is 42.0 Å². The average molecular weight is 264 g/mol. The first-order valence-electron chi connectivity index (χ1n) is 6.27. The number of carbonyl (C=O) groups is 2. The first-order chi connectivity index (χ1) is 9.58. The molecular formula is C17H12O3. The SMILES string of the molecule is Cc1ccc(C2=CC(=O)c3c(O)cccc3C2=O)cc1. The summed E-state index contributed by atoms with van der Waals surface area (Å²) in [4.78, 5) is 24.6. The van der Waals surface area contributed by atoms with Crippen molar-refractivity contribution in [1.29, 1.82) is 0 Å². The largest absolute Gasteiger partial charge is 0.507 e. The zero-order valence-corrected chi connectivity index (χ0v) is 10.9. The summed E-state index contributed by atoms with van der Waals surface area (Å²) < 4.78 is 0. The van der Waals surface area contributed by atoms with Crippen molar-refractivity contribution in [2.24, 2.45) is 0 Å². The molecule has 0 atom stereocenters. The number of phenolic OH excluding ortho intramolecular Hbond substituents is 1. The summed E-state index contributed by atoms with van der Waals surface area (Å²) in [6, 6.07) is 12.0. The molecule has 0 unspecified atom stereocenters. The van der Waals surface area contributed by atoms with Crippen molar-refractivity contribution in [3.8, 4) is 5.75 Å². The molecule has 0 bridgehead atoms. The second-order valence-corrected chi connectivity index (χ2v) is 4.82. The number of fused-ring (bicyclic) bond motifs is 1. The molecule has 0 aliphatic heterocycles. The Morgan fingerprint density at radius 1 is 0.950 bits per heavy atom. The lowest BCUT2D eigenvalue weighted by molar-refractivity contribution is 0.0999. The van der Waals surface area contributed by atoms with Crippen molar-refractivity contribution in [2.75, 3.05) is 0 Å². The number of aryl methyl sites for hydroxylation is 1. The van der Waals surface area contributed by atoms with Gasteiger partial charge in [0.2, 0.25) is 0 Å². The highest BCUT2D eigenvalue weighted by atomic mass is 16.3. The molecule has 1 aliphatic carbocycles. The van der Waals surface area contributed by atoms with Crippen LogP contribution in [0.15, 0.2) is 48.5 Å². The number of phenols is 1. The number of hydrogen-bond acceptors (Lipinski definition) is 3. The van der Waals surface area contributed by atoms with Gasteiger partial charge in [0.1, 0.15) is 5.75 Å². The van der Waals surface area contributed by atoms with Crippen LogP contribution in [0.5, 0.6) is 5.75 Å². The Morgan fingerprint density at radius 2 is 1.65 bits per heavy atom. The molecule has 20 heavy (non-hydrogen) atoms. The highest BCUT2D eigenvalue weighted by Crippen LogP contribution is 2.32. The third-order valence-electron chi connectivity index (χ3n) is 3.42. The number of aromatic hydroxyl groups is 1. The van der Waals surface area contributed by atoms with E-state index in [0.29, 0.717) is 11.1 Å². The van der Waals surface area contributed by atoms with Crippen LogP contribution in [0, 0.1) is 6.92 Å². The first kappa shape index (κ1) is 12.4. The van der Waals surface area contributed by atoms with Crippen LogP contribution in [-0.4, -0.2) is 16.7 Å². The van der Waals surface area contributed by atoms with E-state index in [0.717, 1.165) is 5.56 Å². The summed E-state index contributed by atoms with van der Waals surface area (Å²) >= 11 is 0. The van der Waals surface area contributed by atoms with Gasteiger partial charge in [0.15, 0.2) is 11.6 Å². The van der Waals surface area contributed by atoms with Crippen LogP contribution in [0.1, 0.15) is 31.8 Å². The molecule has 0 fully saturated rings. The Labute approximate surface area is 116 Å². The van der Waals surface area contributed by atoms with E-state index in [2.05, 4.69) is 0 Å². The second kappa shape index (κ2) is 4.46. The molecule has 1 N–H and O–H groups in total. The van der Waals surface area contributed by atoms with E-state index in [1.807, 2.05) is 31.2 Å². The fourth-order valence-corrected chi connectivity index (χ4v) is 2.35. The number of rotatable bonds is 1. The smallest absolute Gasteiger partial charge is 0.194 e. The Balaban J connectivity index is 2.15. The van der Waals surface area contributed by atoms with Crippen LogP contribution in [0.4, 0.5) is 0 Å². The van der Waals surface area contributed by atoms with Crippen molar-refractivity contribution >= 4 is 17.1 Å². The molecule has 0 spiro atoms. The first-order valence-corrected chi connectivity index (χ1v) is 6.27. The molecule has 2 aromatic carbocycles. The number of Topliss-reactive ketones (excluding diaryl/α,β-unsaturated/α-hetero) is 1. The fourth-order valence-electron chi connectivity index (χ4n) is 2.35. The molecule has 0 heterocycles. The minimum absolute atomic E-state index is 0.0911. The van der Waals surface area contributed by atoms with E-state index in [1.165, 1.54) is 12.1 Å². The Hall–Kier alpha value is -2.68. The minimum Gasteiger partial charge on any atom is -0.507 e. The Bertz CT molecular complexity index is 752. The van der Waals surface area contributed by atoms with Gasteiger partial charge in [-0.3, -0.25) is 9.59 Å². The molecule has 98 valence electrons. The van der Waals surface area contributed by atoms with Crippen molar-refractivity contribution in [3.63, 3.8) is 0 Å². The number of hydrogen-bond donors (Lipinski definition) is 1. The third kappa shape index (κ3) is 1.84. The predicted octanol–water partition coefficient (Wildman–Crippen LogP) is 3.16. The second-order valence-electron chi connectivity index (χ2n) is 4.82. The zero-order valence-electron chi connectivity index (χ0n) is 10.9. The van der Waals surface area contributed by atoms with Gasteiger partial charge in [-0.25, -0.2) is 0 Å². The van der Waals surface area contributed by atoms with E-state index < -0.39 is 0 Å². The van der Waals surface area contributed by atoms with Gasteiger partial charge >= 0.3 is 0 Å². The topological polar surface area (TPSA) is 54.4 Å². The molecule has 0 aromatic heterocycles. The average Bonchev–Trinajstić information content (AvgIpc) is 2.44. The summed E-state index contributed by atoms with van der Waals surface area (Å²) in [6.45, 7) is 1.96. The summed E-state index contributed by atoms with van der Waals surface area (Å²) in [7, 11) is 0. The maximum atomic E-state index is 12.5. The number of benzene rings is 2. The van der Waals surface area contributed by atoms with E-state index in [4.69, 9.17) is 0 Å². The number of carbonyl (C=O) groups excluding carboxylic acids is 2. The number of allylic oxidation sites excluding steroid dienone is 2. The molecule has 3 heteroatoms. The molecule has 0 radical (unpaired) electrons. The summed E-state index contributed by atoms with van der Waals surface area (Å²) in [5.74, 6) is -0.729. The molecule has 0 saturated heterocycles. The molecule has 3 nitrogen and oxygen atoms in total. The summed E-state index contributed by atoms with van der Waals surface area (Å²) in [5.41, 5.74) is 2.51. The van der Waals surface area contributed by atoms with E-state index in [1.54, 1.807) is 12.1 Å². The van der Waals surface area contributed by atoms with Crippen LogP contribution in [-0.2, 0) is 0 Å². The van der Waals surface area contributed by atoms with Crippen molar-refractivity contribution in [1.82, 2.24) is 0 Å². The molecule has 2 aromatic rings. The standard InChI is InChI=1S/C17H12O3/c1-10-5-7-11(8-6-10)13-9-15(19)16-12(17(13)20)3-2-4-14(16)18/h2-9,18H,1H3. The van der Waals surface area contributed by atoms with Crippen LogP contribution in [0.3, 0.4) is 0 Å². The van der Waals surface area contributed by atoms with Gasteiger partial charge < -0.3 is 5.11 Å². The van der Waals surface area contributed by atoms with Crippen LogP contribution >= 0.6 is 0 Å². The quantitative estimate of drug-likeness (QED) is 0.860. The van der Waals surface area contributed by atoms with Gasteiger partial charge in [-0.15, -0.1) is 0 Å². The van der Waals surface area contributed by atoms with Gasteiger partial charge in [0.05, 0.1) is 5.56 Å². The minimum atomic E-state index is -0.340.